The summed E-state index contributed by atoms with van der Waals surface area (Å²) in [6, 6.07) is 13.9. The highest BCUT2D eigenvalue weighted by Crippen LogP contribution is 2.26. The molecule has 0 amide bonds. The van der Waals surface area contributed by atoms with Gasteiger partial charge in [-0.25, -0.2) is 4.99 Å². The second-order valence-electron chi connectivity index (χ2n) is 8.49. The van der Waals surface area contributed by atoms with Crippen molar-refractivity contribution >= 4 is 23.2 Å². The molecule has 0 aromatic heterocycles. The molecular weight excluding hydrogens is 410 g/mol. The third kappa shape index (κ3) is 3.96. The van der Waals surface area contributed by atoms with Crippen LogP contribution in [-0.4, -0.2) is 59.8 Å². The average molecular weight is 438 g/mol. The van der Waals surface area contributed by atoms with Gasteiger partial charge in [0.15, 0.2) is 6.29 Å². The number of nitrogens with two attached hydrogens (primary N) is 1. The molecule has 2 aromatic rings. The lowest BCUT2D eigenvalue weighted by atomic mass is 9.86. The Morgan fingerprint density at radius 1 is 1.32 bits per heavy atom. The van der Waals surface area contributed by atoms with Gasteiger partial charge in [-0.3, -0.25) is 14.1 Å². The van der Waals surface area contributed by atoms with Crippen molar-refractivity contribution < 1.29 is 8.95 Å². The van der Waals surface area contributed by atoms with Crippen LogP contribution in [0.1, 0.15) is 11.1 Å². The number of aliphatic imine (C=N–C) groups is 1. The number of ether oxygens (including phenoxy) is 1. The molecule has 1 fully saturated rings. The molecule has 0 bridgehead atoms. The van der Waals surface area contributed by atoms with Gasteiger partial charge in [0.2, 0.25) is 0 Å². The first-order valence-corrected chi connectivity index (χ1v) is 11.9. The number of amidine groups is 1. The van der Waals surface area contributed by atoms with Crippen molar-refractivity contribution in [3.8, 4) is 0 Å². The van der Waals surface area contributed by atoms with Crippen molar-refractivity contribution in [3.05, 3.63) is 64.2 Å². The van der Waals surface area contributed by atoms with E-state index in [9.17, 15) is 4.21 Å². The second kappa shape index (κ2) is 8.27. The Balaban J connectivity index is 1.49. The smallest absolute Gasteiger partial charge is 0.178 e. The molecule has 0 aliphatic carbocycles. The van der Waals surface area contributed by atoms with Crippen LogP contribution in [0.25, 0.3) is 6.58 Å². The Bertz CT molecular complexity index is 1160. The standard InChI is InChI=1S/C23H27N5O2S/c1-16-6-7-19-18(10-16)21(25-13-23(12-24)14-30-15-23)27-22(26-19)28-8-9-31(29)20-5-3-2-4-17(20)11-28/h2-7,10,22H,1,8-9,11-15,24H2,(H,25,27). The first-order valence-electron chi connectivity index (χ1n) is 10.5. The fourth-order valence-electron chi connectivity index (χ4n) is 4.14. The minimum Gasteiger partial charge on any atom is -0.380 e. The molecule has 0 radical (unpaired) electrons. The van der Waals surface area contributed by atoms with E-state index in [-0.39, 0.29) is 11.7 Å². The molecule has 2 unspecified atom stereocenters. The van der Waals surface area contributed by atoms with Crippen LogP contribution in [0.2, 0.25) is 0 Å². The first kappa shape index (κ1) is 20.5. The summed E-state index contributed by atoms with van der Waals surface area (Å²) in [5.74, 6) is 1.38. The van der Waals surface area contributed by atoms with Gasteiger partial charge in [0, 0.05) is 41.3 Å². The summed E-state index contributed by atoms with van der Waals surface area (Å²) in [6.45, 7) is 7.86. The highest BCUT2D eigenvalue weighted by molar-refractivity contribution is 7.85. The quantitative estimate of drug-likeness (QED) is 0.700. The number of rotatable bonds is 4. The maximum Gasteiger partial charge on any atom is 0.178 e. The van der Waals surface area contributed by atoms with E-state index >= 15 is 0 Å². The van der Waals surface area contributed by atoms with Crippen LogP contribution < -0.4 is 21.6 Å². The van der Waals surface area contributed by atoms with E-state index in [2.05, 4.69) is 16.8 Å². The zero-order chi connectivity index (χ0) is 21.4. The fraction of sp³-hybridized carbons (Fsp3) is 0.391. The molecule has 2 atom stereocenters. The molecule has 0 saturated carbocycles. The molecule has 7 nitrogen and oxygen atoms in total. The van der Waals surface area contributed by atoms with Crippen molar-refractivity contribution in [2.45, 2.75) is 17.7 Å². The largest absolute Gasteiger partial charge is 0.380 e. The molecule has 1 saturated heterocycles. The Kier molecular flexibility index (Phi) is 5.47. The second-order valence-corrected chi connectivity index (χ2v) is 10.0. The molecule has 2 aromatic carbocycles. The van der Waals surface area contributed by atoms with Crippen LogP contribution in [0.4, 0.5) is 0 Å². The normalized spacial score (nSPS) is 26.0. The summed E-state index contributed by atoms with van der Waals surface area (Å²) >= 11 is 0. The number of hydrogen-bond donors (Lipinski definition) is 2. The molecule has 31 heavy (non-hydrogen) atoms. The maximum atomic E-state index is 12.7. The summed E-state index contributed by atoms with van der Waals surface area (Å²) in [5.41, 5.74) is 7.94. The SMILES string of the molecule is C=c1ccc2c(c1)C(=NCC1(CN)COC1)NC(N1CCS(=O)c3ccccc3C1)N=2. The Labute approximate surface area is 184 Å². The van der Waals surface area contributed by atoms with E-state index in [1.54, 1.807) is 0 Å². The minimum absolute atomic E-state index is 0.0839. The Morgan fingerprint density at radius 2 is 2.16 bits per heavy atom. The van der Waals surface area contributed by atoms with Gasteiger partial charge in [-0.2, -0.15) is 0 Å². The van der Waals surface area contributed by atoms with Crippen molar-refractivity contribution in [3.63, 3.8) is 0 Å². The molecule has 162 valence electrons. The van der Waals surface area contributed by atoms with Gasteiger partial charge >= 0.3 is 0 Å². The number of nitrogens with one attached hydrogen (secondary N) is 1. The van der Waals surface area contributed by atoms with Crippen LogP contribution in [0, 0.1) is 5.41 Å². The van der Waals surface area contributed by atoms with E-state index in [0.717, 1.165) is 32.4 Å². The number of fused-ring (bicyclic) bond motifs is 2. The number of benzene rings is 2. The molecule has 8 heteroatoms. The summed E-state index contributed by atoms with van der Waals surface area (Å²) in [6.07, 6.45) is -0.281. The lowest BCUT2D eigenvalue weighted by Crippen LogP contribution is -2.54. The first-order chi connectivity index (χ1) is 15.1. The molecule has 3 N–H and O–H groups in total. The summed E-state index contributed by atoms with van der Waals surface area (Å²) in [5, 5.41) is 5.33. The highest BCUT2D eigenvalue weighted by atomic mass is 32.2. The van der Waals surface area contributed by atoms with Gasteiger partial charge in [0.1, 0.15) is 5.84 Å². The van der Waals surface area contributed by atoms with Gasteiger partial charge in [-0.15, -0.1) is 0 Å². The Morgan fingerprint density at radius 3 is 2.94 bits per heavy atom. The molecule has 0 spiro atoms. The van der Waals surface area contributed by atoms with Gasteiger partial charge in [-0.05, 0) is 29.0 Å². The topological polar surface area (TPSA) is 92.3 Å². The van der Waals surface area contributed by atoms with Gasteiger partial charge in [-0.1, -0.05) is 30.8 Å². The Hall–Kier alpha value is -2.39. The van der Waals surface area contributed by atoms with Gasteiger partial charge < -0.3 is 15.8 Å². The fourth-order valence-corrected chi connectivity index (χ4v) is 5.41. The van der Waals surface area contributed by atoms with E-state index in [1.807, 2.05) is 42.5 Å². The number of nitrogens with zero attached hydrogens (tertiary/aromatic N) is 3. The van der Waals surface area contributed by atoms with Crippen molar-refractivity contribution in [2.75, 3.05) is 38.6 Å². The van der Waals surface area contributed by atoms with Gasteiger partial charge in [0.25, 0.3) is 0 Å². The third-order valence-electron chi connectivity index (χ3n) is 6.17. The van der Waals surface area contributed by atoms with Crippen molar-refractivity contribution in [1.82, 2.24) is 10.2 Å². The highest BCUT2D eigenvalue weighted by Gasteiger charge is 2.37. The molecule has 3 aliphatic heterocycles. The lowest BCUT2D eigenvalue weighted by Gasteiger charge is -2.39. The minimum atomic E-state index is -1.00. The summed E-state index contributed by atoms with van der Waals surface area (Å²) in [7, 11) is -1.00. The average Bonchev–Trinajstić information content (AvgIpc) is 2.92. The van der Waals surface area contributed by atoms with E-state index in [4.69, 9.17) is 20.5 Å². The van der Waals surface area contributed by atoms with Crippen LogP contribution in [0.3, 0.4) is 0 Å². The zero-order valence-electron chi connectivity index (χ0n) is 17.4. The van der Waals surface area contributed by atoms with E-state index in [1.165, 1.54) is 0 Å². The van der Waals surface area contributed by atoms with Crippen molar-refractivity contribution in [1.29, 1.82) is 0 Å². The van der Waals surface area contributed by atoms with E-state index in [0.29, 0.717) is 45.1 Å². The van der Waals surface area contributed by atoms with Crippen LogP contribution in [0.5, 0.6) is 0 Å². The lowest BCUT2D eigenvalue weighted by molar-refractivity contribution is -0.1000. The maximum absolute atomic E-state index is 12.7. The number of hydrogen-bond acceptors (Lipinski definition) is 6. The van der Waals surface area contributed by atoms with Crippen LogP contribution in [-0.2, 0) is 22.1 Å². The molecule has 3 aliphatic rings. The predicted molar refractivity (Wildman–Crippen MR) is 122 cm³/mol. The molecule has 3 heterocycles. The van der Waals surface area contributed by atoms with E-state index < -0.39 is 10.8 Å². The summed E-state index contributed by atoms with van der Waals surface area (Å²) in [4.78, 5) is 13.0. The third-order valence-corrected chi connectivity index (χ3v) is 7.61. The molecule has 5 rings (SSSR count). The van der Waals surface area contributed by atoms with Gasteiger partial charge in [0.05, 0.1) is 35.9 Å². The van der Waals surface area contributed by atoms with Crippen LogP contribution >= 0.6 is 0 Å². The van der Waals surface area contributed by atoms with Crippen LogP contribution in [0.15, 0.2) is 57.3 Å². The summed E-state index contributed by atoms with van der Waals surface area (Å²) < 4.78 is 18.1. The van der Waals surface area contributed by atoms with Crippen molar-refractivity contribution in [2.24, 2.45) is 21.1 Å². The molecular formula is C23H27N5O2S. The zero-order valence-corrected chi connectivity index (χ0v) is 18.2. The monoisotopic (exact) mass is 437 g/mol. The predicted octanol–water partition coefficient (Wildman–Crippen LogP) is -0.0514.